The maximum Gasteiger partial charge on any atom is 0.359 e. The SMILES string of the molecule is C=CCCCC(C)[N+](C)(C)CC(=O)O. The maximum atomic E-state index is 10.6. The van der Waals surface area contributed by atoms with Gasteiger partial charge in [-0.2, -0.15) is 0 Å². The van der Waals surface area contributed by atoms with E-state index in [2.05, 4.69) is 13.5 Å². The standard InChI is InChI=1S/C11H21NO2/c1-5-6-7-8-10(2)12(3,4)9-11(13)14/h5,10H,1,6-9H2,2-4H3/p+1. The predicted octanol–water partition coefficient (Wildman–Crippen LogP) is 1.89. The first kappa shape index (κ1) is 13.2. The number of carboxylic acid groups (broad SMARTS) is 1. The highest BCUT2D eigenvalue weighted by molar-refractivity contribution is 5.67. The summed E-state index contributed by atoms with van der Waals surface area (Å²) in [6.07, 6.45) is 5.06. The number of carboxylic acids is 1. The Labute approximate surface area is 86.6 Å². The number of likely N-dealkylation sites (N-methyl/N-ethyl adjacent to an activating group) is 1. The molecule has 3 heteroatoms. The molecule has 1 unspecified atom stereocenters. The zero-order valence-electron chi connectivity index (χ0n) is 9.49. The summed E-state index contributed by atoms with van der Waals surface area (Å²) in [7, 11) is 3.93. The van der Waals surface area contributed by atoms with Crippen LogP contribution in [0, 0.1) is 0 Å². The lowest BCUT2D eigenvalue weighted by Crippen LogP contribution is -2.50. The first-order valence-corrected chi connectivity index (χ1v) is 5.05. The molecule has 3 nitrogen and oxygen atoms in total. The Hall–Kier alpha value is -0.830. The molecule has 0 spiro atoms. The van der Waals surface area contributed by atoms with E-state index >= 15 is 0 Å². The molecule has 0 radical (unpaired) electrons. The third-order valence-electron chi connectivity index (χ3n) is 2.77. The van der Waals surface area contributed by atoms with Gasteiger partial charge in [-0.1, -0.05) is 6.08 Å². The van der Waals surface area contributed by atoms with Crippen molar-refractivity contribution >= 4 is 5.97 Å². The summed E-state index contributed by atoms with van der Waals surface area (Å²) in [5.74, 6) is -0.731. The zero-order valence-corrected chi connectivity index (χ0v) is 9.49. The first-order chi connectivity index (χ1) is 6.40. The molecule has 0 aliphatic carbocycles. The van der Waals surface area contributed by atoms with E-state index in [-0.39, 0.29) is 6.54 Å². The van der Waals surface area contributed by atoms with Crippen LogP contribution in [-0.2, 0) is 4.79 Å². The molecule has 0 rings (SSSR count). The number of carbonyl (C=O) groups is 1. The van der Waals surface area contributed by atoms with Crippen molar-refractivity contribution in [3.63, 3.8) is 0 Å². The van der Waals surface area contributed by atoms with Crippen LogP contribution < -0.4 is 0 Å². The van der Waals surface area contributed by atoms with Crippen molar-refractivity contribution < 1.29 is 14.4 Å². The number of aliphatic carboxylic acids is 1. The third kappa shape index (κ3) is 5.02. The van der Waals surface area contributed by atoms with Crippen LogP contribution in [0.4, 0.5) is 0 Å². The highest BCUT2D eigenvalue weighted by Gasteiger charge is 2.26. The van der Waals surface area contributed by atoms with E-state index in [4.69, 9.17) is 5.11 Å². The fraction of sp³-hybridized carbons (Fsp3) is 0.727. The Balaban J connectivity index is 3.99. The molecular formula is C11H22NO2+. The van der Waals surface area contributed by atoms with E-state index in [1.807, 2.05) is 20.2 Å². The lowest BCUT2D eigenvalue weighted by molar-refractivity contribution is -0.906. The van der Waals surface area contributed by atoms with Gasteiger partial charge in [0.25, 0.3) is 0 Å². The number of nitrogens with zero attached hydrogens (tertiary/aromatic N) is 1. The Kier molecular flexibility index (Phi) is 5.46. The molecule has 1 atom stereocenters. The van der Waals surface area contributed by atoms with E-state index in [0.717, 1.165) is 19.3 Å². The van der Waals surface area contributed by atoms with Crippen LogP contribution in [0.5, 0.6) is 0 Å². The Morgan fingerprint density at radius 3 is 2.57 bits per heavy atom. The van der Waals surface area contributed by atoms with Crippen LogP contribution in [-0.4, -0.2) is 42.2 Å². The minimum absolute atomic E-state index is 0.190. The average Bonchev–Trinajstić information content (AvgIpc) is 2.02. The van der Waals surface area contributed by atoms with E-state index in [0.29, 0.717) is 10.5 Å². The number of hydrogen-bond donors (Lipinski definition) is 1. The largest absolute Gasteiger partial charge is 0.477 e. The van der Waals surface area contributed by atoms with Gasteiger partial charge < -0.3 is 9.59 Å². The second-order valence-corrected chi connectivity index (χ2v) is 4.40. The molecule has 1 N–H and O–H groups in total. The van der Waals surface area contributed by atoms with Crippen molar-refractivity contribution in [3.8, 4) is 0 Å². The number of allylic oxidation sites excluding steroid dienone is 1. The van der Waals surface area contributed by atoms with Gasteiger partial charge in [0, 0.05) is 0 Å². The number of hydrogen-bond acceptors (Lipinski definition) is 1. The van der Waals surface area contributed by atoms with Crippen molar-refractivity contribution in [1.29, 1.82) is 0 Å². The van der Waals surface area contributed by atoms with Crippen molar-refractivity contribution in [2.45, 2.75) is 32.2 Å². The van der Waals surface area contributed by atoms with E-state index in [1.165, 1.54) is 0 Å². The van der Waals surface area contributed by atoms with Gasteiger partial charge in [0.15, 0.2) is 6.54 Å². The number of unbranched alkanes of at least 4 members (excludes halogenated alkanes) is 1. The molecule has 0 aromatic heterocycles. The second-order valence-electron chi connectivity index (χ2n) is 4.40. The molecule has 0 bridgehead atoms. The maximum absolute atomic E-state index is 10.6. The number of rotatable bonds is 7. The van der Waals surface area contributed by atoms with Crippen molar-refractivity contribution in [1.82, 2.24) is 0 Å². The van der Waals surface area contributed by atoms with E-state index in [9.17, 15) is 4.79 Å². The topological polar surface area (TPSA) is 37.3 Å². The number of quaternary nitrogens is 1. The Morgan fingerprint density at radius 1 is 1.57 bits per heavy atom. The van der Waals surface area contributed by atoms with Crippen LogP contribution in [0.2, 0.25) is 0 Å². The average molecular weight is 200 g/mol. The predicted molar refractivity (Wildman–Crippen MR) is 58.1 cm³/mol. The summed E-state index contributed by atoms with van der Waals surface area (Å²) < 4.78 is 0.548. The Bertz CT molecular complexity index is 199. The molecular weight excluding hydrogens is 178 g/mol. The fourth-order valence-corrected chi connectivity index (χ4v) is 1.41. The van der Waals surface area contributed by atoms with Crippen LogP contribution in [0.25, 0.3) is 0 Å². The lowest BCUT2D eigenvalue weighted by atomic mass is 10.1. The van der Waals surface area contributed by atoms with Gasteiger partial charge in [-0.3, -0.25) is 0 Å². The minimum atomic E-state index is -0.731. The van der Waals surface area contributed by atoms with Gasteiger partial charge in [-0.15, -0.1) is 6.58 Å². The van der Waals surface area contributed by atoms with E-state index in [1.54, 1.807) is 0 Å². The highest BCUT2D eigenvalue weighted by Crippen LogP contribution is 2.13. The van der Waals surface area contributed by atoms with Gasteiger partial charge in [-0.25, -0.2) is 4.79 Å². The van der Waals surface area contributed by atoms with Gasteiger partial charge in [-0.05, 0) is 26.2 Å². The van der Waals surface area contributed by atoms with Gasteiger partial charge in [0.05, 0.1) is 20.1 Å². The van der Waals surface area contributed by atoms with Crippen LogP contribution >= 0.6 is 0 Å². The summed E-state index contributed by atoms with van der Waals surface area (Å²) in [6, 6.07) is 0.381. The normalized spacial score (nSPS) is 13.6. The van der Waals surface area contributed by atoms with Gasteiger partial charge in [0.1, 0.15) is 0 Å². The van der Waals surface area contributed by atoms with Crippen LogP contribution in [0.1, 0.15) is 26.2 Å². The van der Waals surface area contributed by atoms with Crippen LogP contribution in [0.3, 0.4) is 0 Å². The van der Waals surface area contributed by atoms with Crippen molar-refractivity contribution in [2.24, 2.45) is 0 Å². The molecule has 0 saturated heterocycles. The summed E-state index contributed by atoms with van der Waals surface area (Å²) in [5.41, 5.74) is 0. The summed E-state index contributed by atoms with van der Waals surface area (Å²) in [4.78, 5) is 10.6. The molecule has 0 fully saturated rings. The minimum Gasteiger partial charge on any atom is -0.477 e. The molecule has 0 aromatic rings. The Morgan fingerprint density at radius 2 is 2.14 bits per heavy atom. The quantitative estimate of drug-likeness (QED) is 0.387. The van der Waals surface area contributed by atoms with Gasteiger partial charge in [0.2, 0.25) is 0 Å². The molecule has 0 amide bonds. The fourth-order valence-electron chi connectivity index (χ4n) is 1.41. The molecule has 0 aromatic carbocycles. The zero-order chi connectivity index (χ0) is 11.2. The monoisotopic (exact) mass is 200 g/mol. The first-order valence-electron chi connectivity index (χ1n) is 5.05. The lowest BCUT2D eigenvalue weighted by Gasteiger charge is -2.34. The van der Waals surface area contributed by atoms with Crippen molar-refractivity contribution in [2.75, 3.05) is 20.6 Å². The molecule has 0 aliphatic heterocycles. The summed E-state index contributed by atoms with van der Waals surface area (Å²) >= 11 is 0. The second kappa shape index (κ2) is 5.81. The summed E-state index contributed by atoms with van der Waals surface area (Å²) in [6.45, 7) is 5.96. The van der Waals surface area contributed by atoms with Gasteiger partial charge >= 0.3 is 5.97 Å². The molecule has 0 aliphatic rings. The highest BCUT2D eigenvalue weighted by atomic mass is 16.4. The third-order valence-corrected chi connectivity index (χ3v) is 2.77. The van der Waals surface area contributed by atoms with Crippen molar-refractivity contribution in [3.05, 3.63) is 12.7 Å². The van der Waals surface area contributed by atoms with E-state index < -0.39 is 5.97 Å². The summed E-state index contributed by atoms with van der Waals surface area (Å²) in [5, 5.41) is 8.74. The molecule has 82 valence electrons. The van der Waals surface area contributed by atoms with Crippen LogP contribution in [0.15, 0.2) is 12.7 Å². The molecule has 0 heterocycles. The molecule has 14 heavy (non-hydrogen) atoms. The molecule has 0 saturated carbocycles. The smallest absolute Gasteiger partial charge is 0.359 e.